The van der Waals surface area contributed by atoms with Crippen molar-refractivity contribution < 1.29 is 22.3 Å². The van der Waals surface area contributed by atoms with Gasteiger partial charge in [-0.15, -0.1) is 0 Å². The standard InChI is InChI=1S/C15H16F3NO2/c1-11(14-6-3-8-21-14)19-7-9-20-13-5-2-4-12(10-13)15(16,17)18/h2-6,8,10-11,19H,7,9H2,1H3. The van der Waals surface area contributed by atoms with Crippen molar-refractivity contribution in [3.05, 3.63) is 54.0 Å². The number of alkyl halides is 3. The molecule has 0 aliphatic heterocycles. The highest BCUT2D eigenvalue weighted by molar-refractivity contribution is 5.30. The van der Waals surface area contributed by atoms with Crippen LogP contribution in [0.2, 0.25) is 0 Å². The Morgan fingerprint density at radius 2 is 2.05 bits per heavy atom. The summed E-state index contributed by atoms with van der Waals surface area (Å²) in [5, 5.41) is 3.16. The van der Waals surface area contributed by atoms with Crippen LogP contribution in [0.4, 0.5) is 13.2 Å². The summed E-state index contributed by atoms with van der Waals surface area (Å²) in [5.41, 5.74) is -0.711. The first-order chi connectivity index (χ1) is 9.97. The molecule has 0 aliphatic carbocycles. The molecule has 0 saturated heterocycles. The monoisotopic (exact) mass is 299 g/mol. The zero-order valence-electron chi connectivity index (χ0n) is 11.5. The van der Waals surface area contributed by atoms with Gasteiger partial charge >= 0.3 is 6.18 Å². The summed E-state index contributed by atoms with van der Waals surface area (Å²) in [4.78, 5) is 0. The van der Waals surface area contributed by atoms with E-state index < -0.39 is 11.7 Å². The van der Waals surface area contributed by atoms with E-state index in [0.29, 0.717) is 6.54 Å². The predicted molar refractivity (Wildman–Crippen MR) is 72.1 cm³/mol. The molecular formula is C15H16F3NO2. The Bertz CT molecular complexity index is 552. The van der Waals surface area contributed by atoms with Crippen LogP contribution in [-0.2, 0) is 6.18 Å². The quantitative estimate of drug-likeness (QED) is 0.818. The highest BCUT2D eigenvalue weighted by Crippen LogP contribution is 2.31. The molecule has 2 aromatic rings. The molecule has 21 heavy (non-hydrogen) atoms. The van der Waals surface area contributed by atoms with E-state index in [0.717, 1.165) is 17.9 Å². The van der Waals surface area contributed by atoms with Gasteiger partial charge in [0.1, 0.15) is 18.1 Å². The average molecular weight is 299 g/mol. The number of hydrogen-bond acceptors (Lipinski definition) is 3. The van der Waals surface area contributed by atoms with Gasteiger partial charge in [-0.2, -0.15) is 13.2 Å². The van der Waals surface area contributed by atoms with Gasteiger partial charge in [-0.1, -0.05) is 6.07 Å². The molecule has 1 heterocycles. The van der Waals surface area contributed by atoms with Gasteiger partial charge < -0.3 is 14.5 Å². The molecule has 0 radical (unpaired) electrons. The van der Waals surface area contributed by atoms with Crippen molar-refractivity contribution in [3.63, 3.8) is 0 Å². The third-order valence-electron chi connectivity index (χ3n) is 2.95. The van der Waals surface area contributed by atoms with Crippen LogP contribution in [0.1, 0.15) is 24.3 Å². The van der Waals surface area contributed by atoms with Crippen LogP contribution in [0, 0.1) is 0 Å². The molecule has 1 atom stereocenters. The van der Waals surface area contributed by atoms with Gasteiger partial charge in [0.15, 0.2) is 0 Å². The Balaban J connectivity index is 1.79. The van der Waals surface area contributed by atoms with E-state index in [1.165, 1.54) is 12.1 Å². The van der Waals surface area contributed by atoms with Gasteiger partial charge in [-0.25, -0.2) is 0 Å². The minimum absolute atomic E-state index is 0.0186. The van der Waals surface area contributed by atoms with Crippen LogP contribution in [0.3, 0.4) is 0 Å². The molecule has 1 unspecified atom stereocenters. The Morgan fingerprint density at radius 3 is 2.71 bits per heavy atom. The van der Waals surface area contributed by atoms with E-state index in [1.807, 2.05) is 13.0 Å². The van der Waals surface area contributed by atoms with Crippen molar-refractivity contribution >= 4 is 0 Å². The van der Waals surface area contributed by atoms with E-state index in [-0.39, 0.29) is 18.4 Å². The van der Waals surface area contributed by atoms with Crippen molar-refractivity contribution in [2.24, 2.45) is 0 Å². The summed E-state index contributed by atoms with van der Waals surface area (Å²) in [6.45, 7) is 2.70. The highest BCUT2D eigenvalue weighted by Gasteiger charge is 2.30. The van der Waals surface area contributed by atoms with Crippen molar-refractivity contribution in [3.8, 4) is 5.75 Å². The van der Waals surface area contributed by atoms with Crippen LogP contribution in [0.25, 0.3) is 0 Å². The lowest BCUT2D eigenvalue weighted by atomic mass is 10.2. The van der Waals surface area contributed by atoms with Gasteiger partial charge in [0, 0.05) is 6.54 Å². The third kappa shape index (κ3) is 4.53. The van der Waals surface area contributed by atoms with E-state index in [2.05, 4.69) is 5.32 Å². The van der Waals surface area contributed by atoms with Crippen LogP contribution >= 0.6 is 0 Å². The van der Waals surface area contributed by atoms with E-state index >= 15 is 0 Å². The molecule has 0 bridgehead atoms. The smallest absolute Gasteiger partial charge is 0.416 e. The molecular weight excluding hydrogens is 283 g/mol. The molecule has 0 aliphatic rings. The molecule has 1 aromatic carbocycles. The number of hydrogen-bond donors (Lipinski definition) is 1. The fourth-order valence-electron chi connectivity index (χ4n) is 1.84. The number of halogens is 3. The Kier molecular flexibility index (Phi) is 4.90. The summed E-state index contributed by atoms with van der Waals surface area (Å²) < 4.78 is 48.2. The molecule has 0 saturated carbocycles. The second-order valence-corrected chi connectivity index (χ2v) is 4.57. The molecule has 0 spiro atoms. The van der Waals surface area contributed by atoms with Crippen molar-refractivity contribution in [1.29, 1.82) is 0 Å². The van der Waals surface area contributed by atoms with E-state index in [9.17, 15) is 13.2 Å². The van der Waals surface area contributed by atoms with Gasteiger partial charge in [0.05, 0.1) is 17.9 Å². The number of benzene rings is 1. The lowest BCUT2D eigenvalue weighted by Crippen LogP contribution is -2.24. The van der Waals surface area contributed by atoms with Gasteiger partial charge in [-0.3, -0.25) is 0 Å². The van der Waals surface area contributed by atoms with Gasteiger partial charge in [-0.05, 0) is 37.3 Å². The van der Waals surface area contributed by atoms with Crippen LogP contribution < -0.4 is 10.1 Å². The van der Waals surface area contributed by atoms with Gasteiger partial charge in [0.25, 0.3) is 0 Å². The largest absolute Gasteiger partial charge is 0.492 e. The zero-order valence-corrected chi connectivity index (χ0v) is 11.5. The maximum atomic E-state index is 12.5. The molecule has 0 fully saturated rings. The highest BCUT2D eigenvalue weighted by atomic mass is 19.4. The van der Waals surface area contributed by atoms with Crippen molar-refractivity contribution in [1.82, 2.24) is 5.32 Å². The maximum absolute atomic E-state index is 12.5. The summed E-state index contributed by atoms with van der Waals surface area (Å²) in [5.74, 6) is 1.01. The van der Waals surface area contributed by atoms with Crippen LogP contribution in [0.5, 0.6) is 5.75 Å². The van der Waals surface area contributed by atoms with Crippen LogP contribution in [-0.4, -0.2) is 13.2 Å². The Morgan fingerprint density at radius 1 is 1.24 bits per heavy atom. The first kappa shape index (κ1) is 15.4. The normalized spacial score (nSPS) is 13.1. The number of ether oxygens (including phenoxy) is 1. The summed E-state index contributed by atoms with van der Waals surface area (Å²) in [6, 6.07) is 8.52. The molecule has 6 heteroatoms. The second-order valence-electron chi connectivity index (χ2n) is 4.57. The summed E-state index contributed by atoms with van der Waals surface area (Å²) >= 11 is 0. The van der Waals surface area contributed by atoms with Crippen LogP contribution in [0.15, 0.2) is 47.1 Å². The first-order valence-electron chi connectivity index (χ1n) is 6.53. The van der Waals surface area contributed by atoms with E-state index in [4.69, 9.17) is 9.15 Å². The average Bonchev–Trinajstić information content (AvgIpc) is 2.97. The Labute approximate surface area is 120 Å². The maximum Gasteiger partial charge on any atom is 0.416 e. The van der Waals surface area contributed by atoms with Crippen molar-refractivity contribution in [2.45, 2.75) is 19.1 Å². The number of furan rings is 1. The molecule has 1 aromatic heterocycles. The van der Waals surface area contributed by atoms with E-state index in [1.54, 1.807) is 12.3 Å². The minimum atomic E-state index is -4.36. The lowest BCUT2D eigenvalue weighted by Gasteiger charge is -2.13. The molecule has 114 valence electrons. The second kappa shape index (κ2) is 6.67. The predicted octanol–water partition coefficient (Wildman–Crippen LogP) is 4.03. The topological polar surface area (TPSA) is 34.4 Å². The number of rotatable bonds is 6. The van der Waals surface area contributed by atoms with Gasteiger partial charge in [0.2, 0.25) is 0 Å². The first-order valence-corrected chi connectivity index (χ1v) is 6.53. The molecule has 0 amide bonds. The number of nitrogens with one attached hydrogen (secondary N) is 1. The SMILES string of the molecule is CC(NCCOc1cccc(C(F)(F)F)c1)c1ccco1. The molecule has 2 rings (SSSR count). The minimum Gasteiger partial charge on any atom is -0.492 e. The molecule has 1 N–H and O–H groups in total. The molecule has 3 nitrogen and oxygen atoms in total. The Hall–Kier alpha value is -1.95. The van der Waals surface area contributed by atoms with Crippen molar-refractivity contribution in [2.75, 3.05) is 13.2 Å². The third-order valence-corrected chi connectivity index (χ3v) is 2.95. The fraction of sp³-hybridized carbons (Fsp3) is 0.333. The lowest BCUT2D eigenvalue weighted by molar-refractivity contribution is -0.137. The zero-order chi connectivity index (χ0) is 15.3. The summed E-state index contributed by atoms with van der Waals surface area (Å²) in [6.07, 6.45) is -2.77. The summed E-state index contributed by atoms with van der Waals surface area (Å²) in [7, 11) is 0. The fourth-order valence-corrected chi connectivity index (χ4v) is 1.84.